The number of rotatable bonds is 4. The van der Waals surface area contributed by atoms with Crippen LogP contribution in [0.4, 0.5) is 0 Å². The minimum Gasteiger partial charge on any atom is -0.373 e. The van der Waals surface area contributed by atoms with Crippen LogP contribution in [0.25, 0.3) is 0 Å². The molecule has 0 aromatic rings. The van der Waals surface area contributed by atoms with Crippen molar-refractivity contribution >= 4 is 0 Å². The van der Waals surface area contributed by atoms with Gasteiger partial charge in [0.2, 0.25) is 0 Å². The van der Waals surface area contributed by atoms with Crippen LogP contribution in [0.3, 0.4) is 0 Å². The molecule has 0 aromatic heterocycles. The summed E-state index contributed by atoms with van der Waals surface area (Å²) in [6, 6.07) is 1.53. The van der Waals surface area contributed by atoms with Gasteiger partial charge in [-0.05, 0) is 46.1 Å². The fourth-order valence-electron chi connectivity index (χ4n) is 3.55. The first-order valence-electron chi connectivity index (χ1n) is 7.82. The summed E-state index contributed by atoms with van der Waals surface area (Å²) in [4.78, 5) is 2.68. The predicted octanol–water partition coefficient (Wildman–Crippen LogP) is 2.41. The maximum atomic E-state index is 5.84. The number of hydrogen-bond donors (Lipinski definition) is 1. The van der Waals surface area contributed by atoms with E-state index in [0.717, 1.165) is 25.2 Å². The third-order valence-corrected chi connectivity index (χ3v) is 4.29. The first kappa shape index (κ1) is 14.3. The van der Waals surface area contributed by atoms with E-state index >= 15 is 0 Å². The summed E-state index contributed by atoms with van der Waals surface area (Å²) in [6.45, 7) is 10.1. The number of ether oxygens (including phenoxy) is 1. The lowest BCUT2D eigenvalue weighted by atomic mass is 9.89. The molecule has 4 atom stereocenters. The molecule has 1 saturated heterocycles. The Balaban J connectivity index is 1.83. The molecule has 2 rings (SSSR count). The SMILES string of the molecule is CCCNC1CCCC(N2C[C@@H](C)O[C@@H](C)C2)C1. The minimum atomic E-state index is 0.401. The van der Waals surface area contributed by atoms with Gasteiger partial charge in [-0.3, -0.25) is 4.90 Å². The molecule has 0 aromatic carbocycles. The fraction of sp³-hybridized carbons (Fsp3) is 1.00. The average Bonchev–Trinajstić information content (AvgIpc) is 2.35. The van der Waals surface area contributed by atoms with Crippen LogP contribution >= 0.6 is 0 Å². The first-order valence-corrected chi connectivity index (χ1v) is 7.82. The van der Waals surface area contributed by atoms with Gasteiger partial charge in [0, 0.05) is 25.2 Å². The van der Waals surface area contributed by atoms with E-state index in [2.05, 4.69) is 31.0 Å². The summed E-state index contributed by atoms with van der Waals surface area (Å²) in [6.07, 6.45) is 7.50. The van der Waals surface area contributed by atoms with Crippen molar-refractivity contribution in [2.75, 3.05) is 19.6 Å². The maximum absolute atomic E-state index is 5.84. The van der Waals surface area contributed by atoms with Crippen LogP contribution in [0.2, 0.25) is 0 Å². The van der Waals surface area contributed by atoms with E-state index < -0.39 is 0 Å². The molecule has 0 radical (unpaired) electrons. The van der Waals surface area contributed by atoms with E-state index in [0.29, 0.717) is 12.2 Å². The molecule has 1 saturated carbocycles. The van der Waals surface area contributed by atoms with Crippen LogP contribution in [0.1, 0.15) is 52.9 Å². The van der Waals surface area contributed by atoms with E-state index in [1.54, 1.807) is 0 Å². The van der Waals surface area contributed by atoms with Crippen LogP contribution < -0.4 is 5.32 Å². The third-order valence-electron chi connectivity index (χ3n) is 4.29. The Bertz CT molecular complexity index is 237. The molecule has 1 heterocycles. The van der Waals surface area contributed by atoms with Gasteiger partial charge in [0.25, 0.3) is 0 Å². The monoisotopic (exact) mass is 254 g/mol. The molecule has 3 nitrogen and oxygen atoms in total. The van der Waals surface area contributed by atoms with Gasteiger partial charge in [0.15, 0.2) is 0 Å². The van der Waals surface area contributed by atoms with E-state index in [-0.39, 0.29) is 0 Å². The number of nitrogens with one attached hydrogen (secondary N) is 1. The highest BCUT2D eigenvalue weighted by Crippen LogP contribution is 2.26. The standard InChI is InChI=1S/C15H30N2O/c1-4-8-16-14-6-5-7-15(9-14)17-10-12(2)18-13(3)11-17/h12-16H,4-11H2,1-3H3/t12-,13+,14?,15?. The molecule has 106 valence electrons. The quantitative estimate of drug-likeness (QED) is 0.834. The molecule has 2 fully saturated rings. The van der Waals surface area contributed by atoms with Crippen LogP contribution in [0.5, 0.6) is 0 Å². The smallest absolute Gasteiger partial charge is 0.0678 e. The van der Waals surface area contributed by atoms with Gasteiger partial charge in [-0.1, -0.05) is 13.3 Å². The summed E-state index contributed by atoms with van der Waals surface area (Å²) in [7, 11) is 0. The lowest BCUT2D eigenvalue weighted by Crippen LogP contribution is -2.52. The van der Waals surface area contributed by atoms with Crippen LogP contribution in [-0.4, -0.2) is 48.8 Å². The number of hydrogen-bond acceptors (Lipinski definition) is 3. The molecule has 0 bridgehead atoms. The largest absolute Gasteiger partial charge is 0.373 e. The van der Waals surface area contributed by atoms with Gasteiger partial charge < -0.3 is 10.1 Å². The highest BCUT2D eigenvalue weighted by molar-refractivity contribution is 4.87. The number of morpholine rings is 1. The van der Waals surface area contributed by atoms with Crippen molar-refractivity contribution in [3.05, 3.63) is 0 Å². The molecule has 3 heteroatoms. The predicted molar refractivity (Wildman–Crippen MR) is 75.9 cm³/mol. The zero-order valence-corrected chi connectivity index (χ0v) is 12.3. The molecule has 1 aliphatic carbocycles. The molecule has 18 heavy (non-hydrogen) atoms. The molecular weight excluding hydrogens is 224 g/mol. The lowest BCUT2D eigenvalue weighted by Gasteiger charge is -2.43. The maximum Gasteiger partial charge on any atom is 0.0678 e. The fourth-order valence-corrected chi connectivity index (χ4v) is 3.55. The van der Waals surface area contributed by atoms with E-state index in [4.69, 9.17) is 4.74 Å². The highest BCUT2D eigenvalue weighted by Gasteiger charge is 2.31. The van der Waals surface area contributed by atoms with Crippen molar-refractivity contribution in [1.82, 2.24) is 10.2 Å². The summed E-state index contributed by atoms with van der Waals surface area (Å²) in [5, 5.41) is 3.70. The summed E-state index contributed by atoms with van der Waals surface area (Å²) >= 11 is 0. The van der Waals surface area contributed by atoms with Gasteiger partial charge >= 0.3 is 0 Å². The molecule has 0 amide bonds. The van der Waals surface area contributed by atoms with Gasteiger partial charge in [-0.2, -0.15) is 0 Å². The van der Waals surface area contributed by atoms with Gasteiger partial charge in [-0.15, -0.1) is 0 Å². The van der Waals surface area contributed by atoms with Crippen molar-refractivity contribution in [2.24, 2.45) is 0 Å². The summed E-state index contributed by atoms with van der Waals surface area (Å²) in [5.74, 6) is 0. The van der Waals surface area contributed by atoms with Crippen LogP contribution in [0.15, 0.2) is 0 Å². The third kappa shape index (κ3) is 3.94. The Hall–Kier alpha value is -0.120. The Kier molecular flexibility index (Phi) is 5.46. The minimum absolute atomic E-state index is 0.401. The van der Waals surface area contributed by atoms with Crippen molar-refractivity contribution in [3.63, 3.8) is 0 Å². The highest BCUT2D eigenvalue weighted by atomic mass is 16.5. The lowest BCUT2D eigenvalue weighted by molar-refractivity contribution is -0.0851. The zero-order valence-electron chi connectivity index (χ0n) is 12.3. The second kappa shape index (κ2) is 6.88. The Labute approximate surface area is 112 Å². The van der Waals surface area contributed by atoms with Crippen LogP contribution in [-0.2, 0) is 4.74 Å². The Morgan fingerprint density at radius 2 is 1.89 bits per heavy atom. The Morgan fingerprint density at radius 3 is 2.56 bits per heavy atom. The summed E-state index contributed by atoms with van der Waals surface area (Å²) < 4.78 is 5.84. The molecular formula is C15H30N2O. The van der Waals surface area contributed by atoms with Gasteiger partial charge in [0.05, 0.1) is 12.2 Å². The van der Waals surface area contributed by atoms with Crippen LogP contribution in [0, 0.1) is 0 Å². The molecule has 1 N–H and O–H groups in total. The van der Waals surface area contributed by atoms with Gasteiger partial charge in [0.1, 0.15) is 0 Å². The molecule has 1 aliphatic heterocycles. The second-order valence-corrected chi connectivity index (χ2v) is 6.18. The molecule has 2 aliphatic rings. The Morgan fingerprint density at radius 1 is 1.17 bits per heavy atom. The van der Waals surface area contributed by atoms with Gasteiger partial charge in [-0.25, -0.2) is 0 Å². The van der Waals surface area contributed by atoms with E-state index in [1.807, 2.05) is 0 Å². The van der Waals surface area contributed by atoms with E-state index in [1.165, 1.54) is 38.6 Å². The average molecular weight is 254 g/mol. The van der Waals surface area contributed by atoms with Crippen molar-refractivity contribution in [3.8, 4) is 0 Å². The van der Waals surface area contributed by atoms with Crippen molar-refractivity contribution < 1.29 is 4.74 Å². The second-order valence-electron chi connectivity index (χ2n) is 6.18. The molecule has 0 spiro atoms. The summed E-state index contributed by atoms with van der Waals surface area (Å²) in [5.41, 5.74) is 0. The van der Waals surface area contributed by atoms with Crippen molar-refractivity contribution in [2.45, 2.75) is 77.2 Å². The first-order chi connectivity index (χ1) is 8.69. The molecule has 2 unspecified atom stereocenters. The normalized spacial score (nSPS) is 38.8. The number of nitrogens with zero attached hydrogens (tertiary/aromatic N) is 1. The van der Waals surface area contributed by atoms with Crippen molar-refractivity contribution in [1.29, 1.82) is 0 Å². The van der Waals surface area contributed by atoms with E-state index in [9.17, 15) is 0 Å². The topological polar surface area (TPSA) is 24.5 Å². The zero-order chi connectivity index (χ0) is 13.0.